The third-order valence-electron chi connectivity index (χ3n) is 8.58. The number of hydrogen-bond acceptors (Lipinski definition) is 8. The molecule has 0 radical (unpaired) electrons. The summed E-state index contributed by atoms with van der Waals surface area (Å²) in [4.78, 5) is 10.0. The van der Waals surface area contributed by atoms with Gasteiger partial charge in [-0.2, -0.15) is 0 Å². The molecule has 246 valence electrons. The molecule has 8 nitrogen and oxygen atoms in total. The zero-order chi connectivity index (χ0) is 33.4. The summed E-state index contributed by atoms with van der Waals surface area (Å²) in [5.41, 5.74) is 4.63. The van der Waals surface area contributed by atoms with Crippen molar-refractivity contribution in [3.05, 3.63) is 95.6 Å². The number of alkyl halides is 2. The maximum atomic E-state index is 6.33. The number of methoxy groups -OCH3 is 4. The van der Waals surface area contributed by atoms with Crippen molar-refractivity contribution in [3.63, 3.8) is 0 Å². The third-order valence-corrected chi connectivity index (χ3v) is 11.4. The Morgan fingerprint density at radius 3 is 1.91 bits per heavy atom. The molecule has 0 N–H and O–H groups in total. The van der Waals surface area contributed by atoms with Crippen LogP contribution in [0, 0.1) is 0 Å². The van der Waals surface area contributed by atoms with Gasteiger partial charge in [0.15, 0.2) is 4.51 Å². The molecule has 0 bridgehead atoms. The highest BCUT2D eigenvalue weighted by Gasteiger charge is 2.46. The van der Waals surface area contributed by atoms with E-state index in [9.17, 15) is 0 Å². The zero-order valence-electron chi connectivity index (χ0n) is 27.3. The summed E-state index contributed by atoms with van der Waals surface area (Å²) in [5, 5.41) is 0. The summed E-state index contributed by atoms with van der Waals surface area (Å²) in [7, 11) is 6.66. The Kier molecular flexibility index (Phi) is 9.30. The number of rotatable bonds is 10. The van der Waals surface area contributed by atoms with E-state index in [1.165, 1.54) is 0 Å². The van der Waals surface area contributed by atoms with Gasteiger partial charge in [0.1, 0.15) is 30.5 Å². The first kappa shape index (κ1) is 33.3. The highest BCUT2D eigenvalue weighted by atomic mass is 79.9. The van der Waals surface area contributed by atoms with Crippen molar-refractivity contribution >= 4 is 49.2 Å². The second-order valence-electron chi connectivity index (χ2n) is 12.5. The smallest absolute Gasteiger partial charge is 0.216 e. The topological polar surface area (TPSA) is 80.1 Å². The molecular formula is C37H38Br2N2O6. The Morgan fingerprint density at radius 2 is 1.28 bits per heavy atom. The fourth-order valence-electron chi connectivity index (χ4n) is 6.26. The predicted octanol–water partition coefficient (Wildman–Crippen LogP) is 8.02. The minimum Gasteiger partial charge on any atom is -0.497 e. The number of nitrogens with zero attached hydrogens (tertiary/aromatic N) is 2. The molecule has 0 amide bonds. The first-order valence-corrected chi connectivity index (χ1v) is 17.0. The summed E-state index contributed by atoms with van der Waals surface area (Å²) in [6.07, 6.45) is 4.77. The van der Waals surface area contributed by atoms with Crippen LogP contribution in [-0.4, -0.2) is 73.9 Å². The molecule has 2 aliphatic heterocycles. The Morgan fingerprint density at radius 1 is 0.723 bits per heavy atom. The van der Waals surface area contributed by atoms with Crippen molar-refractivity contribution in [2.45, 2.75) is 40.7 Å². The van der Waals surface area contributed by atoms with Gasteiger partial charge in [0, 0.05) is 24.7 Å². The summed E-state index contributed by atoms with van der Waals surface area (Å²) in [6, 6.07) is 21.9. The second-order valence-corrected chi connectivity index (χ2v) is 14.6. The first-order valence-electron chi connectivity index (χ1n) is 15.3. The van der Waals surface area contributed by atoms with E-state index < -0.39 is 15.6 Å². The highest BCUT2D eigenvalue weighted by molar-refractivity contribution is 9.12. The van der Waals surface area contributed by atoms with Crippen LogP contribution in [0.4, 0.5) is 0 Å². The van der Waals surface area contributed by atoms with Gasteiger partial charge in [0.2, 0.25) is 11.8 Å². The standard InChI is InChI=1S/C37H38Br2N2O6/c1-35(21-46-33(40-35)26-13-25(16-30(17-26)44-5)23-9-7-11-28(14-23)42-3)20-36(2)22-47-34(41-36)31-18-27(19-37(39,45-6)32(31)38)24-10-8-12-29(15-24)43-4/h7-19,32H,20-22H2,1-6H3/t32?,35-,36-,37?/m1/s1. The normalized spacial score (nSPS) is 26.8. The van der Waals surface area contributed by atoms with Crippen molar-refractivity contribution in [3.8, 4) is 28.4 Å². The first-order chi connectivity index (χ1) is 22.5. The molecule has 0 saturated heterocycles. The van der Waals surface area contributed by atoms with Gasteiger partial charge in [-0.05, 0) is 107 Å². The Labute approximate surface area is 292 Å². The zero-order valence-corrected chi connectivity index (χ0v) is 30.5. The molecule has 2 unspecified atom stereocenters. The maximum absolute atomic E-state index is 6.33. The summed E-state index contributed by atoms with van der Waals surface area (Å²) in [6.45, 7) is 5.05. The molecule has 0 aromatic heterocycles. The van der Waals surface area contributed by atoms with Crippen molar-refractivity contribution in [2.75, 3.05) is 41.7 Å². The molecule has 4 atom stereocenters. The second kappa shape index (κ2) is 13.1. The van der Waals surface area contributed by atoms with Crippen molar-refractivity contribution < 1.29 is 28.4 Å². The monoisotopic (exact) mass is 764 g/mol. The molecule has 3 aliphatic rings. The molecule has 0 fully saturated rings. The van der Waals surface area contributed by atoms with Crippen LogP contribution in [0.1, 0.15) is 31.4 Å². The molecule has 0 saturated carbocycles. The Bertz CT molecular complexity index is 1800. The number of hydrogen-bond donors (Lipinski definition) is 0. The van der Waals surface area contributed by atoms with Gasteiger partial charge in [0.25, 0.3) is 0 Å². The van der Waals surface area contributed by atoms with Crippen molar-refractivity contribution in [2.24, 2.45) is 9.98 Å². The predicted molar refractivity (Wildman–Crippen MR) is 193 cm³/mol. The van der Waals surface area contributed by atoms with Crippen LogP contribution in [0.15, 0.2) is 94.4 Å². The molecule has 3 aromatic carbocycles. The molecule has 47 heavy (non-hydrogen) atoms. The number of halogens is 2. The van der Waals surface area contributed by atoms with Gasteiger partial charge in [-0.25, -0.2) is 9.98 Å². The minimum absolute atomic E-state index is 0.252. The summed E-state index contributed by atoms with van der Waals surface area (Å²) >= 11 is 7.68. The van der Waals surface area contributed by atoms with E-state index in [0.29, 0.717) is 31.4 Å². The fourth-order valence-corrected chi connectivity index (χ4v) is 7.40. The molecule has 0 spiro atoms. The van der Waals surface area contributed by atoms with Crippen LogP contribution < -0.4 is 14.2 Å². The number of allylic oxidation sites excluding steroid dienone is 2. The van der Waals surface area contributed by atoms with Gasteiger partial charge in [0.05, 0.1) is 37.2 Å². The SMILES string of the molecule is COc1cccc(C2=CC(Br)(OC)C(Br)C(C3=N[C@](C)(C[C@]4(C)COC(c5cc(OC)cc(-c6cccc(OC)c6)c5)=N4)CO3)=C2)c1. The molecule has 1 aliphatic carbocycles. The number of ether oxygens (including phenoxy) is 6. The lowest BCUT2D eigenvalue weighted by atomic mass is 9.86. The van der Waals surface area contributed by atoms with Crippen LogP contribution >= 0.6 is 31.9 Å². The third kappa shape index (κ3) is 6.87. The molecular weight excluding hydrogens is 728 g/mol. The average Bonchev–Trinajstić information content (AvgIpc) is 3.67. The lowest BCUT2D eigenvalue weighted by Gasteiger charge is -2.33. The highest BCUT2D eigenvalue weighted by Crippen LogP contribution is 2.45. The van der Waals surface area contributed by atoms with Gasteiger partial charge in [-0.3, -0.25) is 0 Å². The van der Waals surface area contributed by atoms with E-state index in [2.05, 4.69) is 57.8 Å². The Balaban J connectivity index is 1.27. The van der Waals surface area contributed by atoms with E-state index in [-0.39, 0.29) is 4.83 Å². The molecule has 10 heteroatoms. The van der Waals surface area contributed by atoms with Gasteiger partial charge in [-0.1, -0.05) is 40.2 Å². The maximum Gasteiger partial charge on any atom is 0.216 e. The van der Waals surface area contributed by atoms with E-state index >= 15 is 0 Å². The van der Waals surface area contributed by atoms with Crippen molar-refractivity contribution in [1.82, 2.24) is 0 Å². The summed E-state index contributed by atoms with van der Waals surface area (Å²) < 4.78 is 34.3. The quantitative estimate of drug-likeness (QED) is 0.195. The summed E-state index contributed by atoms with van der Waals surface area (Å²) in [5.74, 6) is 3.43. The molecule has 2 heterocycles. The van der Waals surface area contributed by atoms with Crippen LogP contribution in [-0.2, 0) is 14.2 Å². The van der Waals surface area contributed by atoms with Crippen molar-refractivity contribution in [1.29, 1.82) is 0 Å². The molecule has 6 rings (SSSR count). The largest absolute Gasteiger partial charge is 0.497 e. The number of benzene rings is 3. The minimum atomic E-state index is -0.814. The van der Waals surface area contributed by atoms with E-state index in [4.69, 9.17) is 38.4 Å². The Hall–Kier alpha value is -3.60. The fraction of sp³-hybridized carbons (Fsp3) is 0.351. The van der Waals surface area contributed by atoms with Gasteiger partial charge < -0.3 is 28.4 Å². The lowest BCUT2D eigenvalue weighted by molar-refractivity contribution is 0.123. The van der Waals surface area contributed by atoms with Crippen LogP contribution in [0.2, 0.25) is 0 Å². The van der Waals surface area contributed by atoms with Crippen LogP contribution in [0.25, 0.3) is 16.7 Å². The van der Waals surface area contributed by atoms with Crippen LogP contribution in [0.5, 0.6) is 17.2 Å². The van der Waals surface area contributed by atoms with Crippen LogP contribution in [0.3, 0.4) is 0 Å². The number of aliphatic imine (C=N–C) groups is 2. The van der Waals surface area contributed by atoms with Gasteiger partial charge in [-0.15, -0.1) is 0 Å². The van der Waals surface area contributed by atoms with Gasteiger partial charge >= 0.3 is 0 Å². The van der Waals surface area contributed by atoms with E-state index in [1.54, 1.807) is 28.4 Å². The lowest BCUT2D eigenvalue weighted by Crippen LogP contribution is -2.38. The van der Waals surface area contributed by atoms with E-state index in [0.717, 1.165) is 50.6 Å². The average molecular weight is 767 g/mol. The molecule has 3 aromatic rings. The van der Waals surface area contributed by atoms with E-state index in [1.807, 2.05) is 66.7 Å².